The first-order valence-corrected chi connectivity index (χ1v) is 21.4. The van der Waals surface area contributed by atoms with Gasteiger partial charge >= 0.3 is 24.2 Å². The third kappa shape index (κ3) is 13.0. The molecule has 13 nitrogen and oxygen atoms in total. The van der Waals surface area contributed by atoms with Crippen molar-refractivity contribution < 1.29 is 43.2 Å². The summed E-state index contributed by atoms with van der Waals surface area (Å²) >= 11 is 0. The molecule has 3 amide bonds. The van der Waals surface area contributed by atoms with Crippen molar-refractivity contribution in [2.75, 3.05) is 59.0 Å². The number of hydrogen-bond acceptors (Lipinski definition) is 10. The van der Waals surface area contributed by atoms with Crippen LogP contribution in [0.15, 0.2) is 36.0 Å². The molecule has 0 aromatic heterocycles. The molecule has 1 unspecified atom stereocenters. The minimum atomic E-state index is -1.52. The number of ether oxygens (including phenoxy) is 4. The van der Waals surface area contributed by atoms with Gasteiger partial charge in [0.25, 0.3) is 0 Å². The number of hydrogen-bond donors (Lipinski definition) is 1. The van der Waals surface area contributed by atoms with Crippen LogP contribution in [0.4, 0.5) is 14.4 Å². The molecular formula is C43H68N4O9. The topological polar surface area (TPSA) is 138 Å². The summed E-state index contributed by atoms with van der Waals surface area (Å²) in [6.07, 6.45) is 16.9. The minimum absolute atomic E-state index is 0.0368. The zero-order valence-electron chi connectivity index (χ0n) is 34.4. The largest absolute Gasteiger partial charge is 0.457 e. The summed E-state index contributed by atoms with van der Waals surface area (Å²) in [6.45, 7) is 13.0. The van der Waals surface area contributed by atoms with E-state index in [-0.39, 0.29) is 43.8 Å². The van der Waals surface area contributed by atoms with Crippen LogP contribution in [0, 0.1) is 11.8 Å². The first-order valence-electron chi connectivity index (χ1n) is 21.4. The van der Waals surface area contributed by atoms with Crippen LogP contribution in [-0.4, -0.2) is 138 Å². The molecule has 4 aliphatic heterocycles. The SMILES string of the molecule is C/C(=C\C=C\[C@@H](C)COC(=O)N1CCCC1)[C@H]1OC(=O)C[C@H](OC(=O)N2CCCC2)CC[C@](C)(O)C(OC(=O)N2CCN(C3CCCCCC3)CC2)/C=C/[C@@H]1C. The molecule has 4 heterocycles. The van der Waals surface area contributed by atoms with Gasteiger partial charge in [0.05, 0.1) is 13.0 Å². The van der Waals surface area contributed by atoms with Crippen LogP contribution in [0.5, 0.6) is 0 Å². The number of allylic oxidation sites excluding steroid dienone is 2. The highest BCUT2D eigenvalue weighted by atomic mass is 16.6. The number of carbonyl (C=O) groups excluding carboxylic acids is 4. The Morgan fingerprint density at radius 3 is 2.07 bits per heavy atom. The van der Waals surface area contributed by atoms with E-state index >= 15 is 0 Å². The van der Waals surface area contributed by atoms with Gasteiger partial charge < -0.3 is 38.8 Å². The van der Waals surface area contributed by atoms with E-state index in [2.05, 4.69) is 4.90 Å². The van der Waals surface area contributed by atoms with Gasteiger partial charge in [0.15, 0.2) is 6.10 Å². The Bertz CT molecular complexity index is 1390. The van der Waals surface area contributed by atoms with Crippen LogP contribution in [-0.2, 0) is 23.7 Å². The number of piperazine rings is 1. The lowest BCUT2D eigenvalue weighted by atomic mass is 9.88. The van der Waals surface area contributed by atoms with E-state index in [1.807, 2.05) is 45.1 Å². The lowest BCUT2D eigenvalue weighted by Gasteiger charge is -2.40. The minimum Gasteiger partial charge on any atom is -0.457 e. The maximum atomic E-state index is 13.7. The monoisotopic (exact) mass is 784 g/mol. The van der Waals surface area contributed by atoms with Gasteiger partial charge in [-0.15, -0.1) is 0 Å². The Kier molecular flexibility index (Phi) is 16.5. The average molecular weight is 785 g/mol. The van der Waals surface area contributed by atoms with Crippen molar-refractivity contribution in [1.29, 1.82) is 0 Å². The predicted octanol–water partition coefficient (Wildman–Crippen LogP) is 6.84. The number of carbonyl (C=O) groups is 4. The van der Waals surface area contributed by atoms with Gasteiger partial charge in [-0.25, -0.2) is 14.4 Å². The second kappa shape index (κ2) is 21.3. The molecule has 0 spiro atoms. The fraction of sp³-hybridized carbons (Fsp3) is 0.767. The maximum Gasteiger partial charge on any atom is 0.410 e. The standard InChI is InChI=1S/C43H68N4O9/c1-32(31-53-40(49)45-22-9-10-23-45)14-13-15-33(2)39-34(3)18-19-37(55-42(51)47-28-26-44(27-29-47)35-16-7-5-6-8-17-35)43(4,52)21-20-36(30-38(48)56-39)54-41(50)46-24-11-12-25-46/h13-15,18-19,32,34-37,39,52H,5-12,16-17,20-31H2,1-4H3/b14-13+,19-18+,33-15+/t32-,34+,36-,37?,39-,43+/m1/s1. The summed E-state index contributed by atoms with van der Waals surface area (Å²) in [6, 6.07) is 0.572. The number of nitrogens with zero attached hydrogens (tertiary/aromatic N) is 4. The number of cyclic esters (lactones) is 1. The highest BCUT2D eigenvalue weighted by Gasteiger charge is 2.38. The van der Waals surface area contributed by atoms with Gasteiger partial charge in [0.2, 0.25) is 0 Å². The van der Waals surface area contributed by atoms with Crippen molar-refractivity contribution in [1.82, 2.24) is 19.6 Å². The number of aliphatic hydroxyl groups is 1. The number of amides is 3. The Balaban J connectivity index is 1.28. The molecule has 6 atom stereocenters. The van der Waals surface area contributed by atoms with Crippen LogP contribution in [0.2, 0.25) is 0 Å². The van der Waals surface area contributed by atoms with Crippen molar-refractivity contribution in [3.05, 3.63) is 36.0 Å². The summed E-state index contributed by atoms with van der Waals surface area (Å²) in [5.74, 6) is -0.919. The zero-order chi connectivity index (χ0) is 40.1. The van der Waals surface area contributed by atoms with Gasteiger partial charge in [-0.2, -0.15) is 0 Å². The Labute approximate surface area is 334 Å². The third-order valence-electron chi connectivity index (χ3n) is 12.2. The van der Waals surface area contributed by atoms with Gasteiger partial charge in [-0.1, -0.05) is 63.8 Å². The lowest BCUT2D eigenvalue weighted by molar-refractivity contribution is -0.151. The number of esters is 1. The van der Waals surface area contributed by atoms with Crippen molar-refractivity contribution >= 4 is 24.2 Å². The quantitative estimate of drug-likeness (QED) is 0.0916. The molecule has 5 aliphatic rings. The Morgan fingerprint density at radius 2 is 1.43 bits per heavy atom. The highest BCUT2D eigenvalue weighted by molar-refractivity contribution is 5.72. The van der Waals surface area contributed by atoms with Crippen LogP contribution < -0.4 is 0 Å². The molecule has 1 N–H and O–H groups in total. The Hall–Kier alpha value is -3.58. The van der Waals surface area contributed by atoms with E-state index < -0.39 is 42.1 Å². The van der Waals surface area contributed by atoms with Gasteiger partial charge in [-0.3, -0.25) is 9.69 Å². The van der Waals surface area contributed by atoms with Crippen molar-refractivity contribution in [3.8, 4) is 0 Å². The molecule has 0 radical (unpaired) electrons. The van der Waals surface area contributed by atoms with E-state index in [1.165, 1.54) is 38.5 Å². The van der Waals surface area contributed by atoms with Crippen LogP contribution >= 0.6 is 0 Å². The number of likely N-dealkylation sites (tertiary alicyclic amines) is 2. The van der Waals surface area contributed by atoms with Crippen molar-refractivity contribution in [2.45, 2.75) is 141 Å². The average Bonchev–Trinajstić information content (AvgIpc) is 3.87. The second-order valence-electron chi connectivity index (χ2n) is 17.0. The zero-order valence-corrected chi connectivity index (χ0v) is 34.4. The molecule has 1 saturated carbocycles. The highest BCUT2D eigenvalue weighted by Crippen LogP contribution is 2.29. The first-order chi connectivity index (χ1) is 26.9. The lowest BCUT2D eigenvalue weighted by Crippen LogP contribution is -2.53. The van der Waals surface area contributed by atoms with E-state index in [1.54, 1.807) is 27.7 Å². The molecule has 4 fully saturated rings. The van der Waals surface area contributed by atoms with Crippen LogP contribution in [0.25, 0.3) is 0 Å². The van der Waals surface area contributed by atoms with E-state index in [9.17, 15) is 24.3 Å². The van der Waals surface area contributed by atoms with Gasteiger partial charge in [0, 0.05) is 70.2 Å². The normalized spacial score (nSPS) is 30.6. The molecule has 3 saturated heterocycles. The molecule has 0 aromatic carbocycles. The third-order valence-corrected chi connectivity index (χ3v) is 12.2. The predicted molar refractivity (Wildman–Crippen MR) is 213 cm³/mol. The summed E-state index contributed by atoms with van der Waals surface area (Å²) in [5.41, 5.74) is -0.755. The van der Waals surface area contributed by atoms with E-state index in [4.69, 9.17) is 18.9 Å². The van der Waals surface area contributed by atoms with Crippen LogP contribution in [0.3, 0.4) is 0 Å². The van der Waals surface area contributed by atoms with E-state index in [0.29, 0.717) is 32.2 Å². The summed E-state index contributed by atoms with van der Waals surface area (Å²) in [4.78, 5) is 60.2. The molecular weight excluding hydrogens is 716 g/mol. The molecule has 0 bridgehead atoms. The van der Waals surface area contributed by atoms with Crippen molar-refractivity contribution in [2.24, 2.45) is 11.8 Å². The molecule has 0 aromatic rings. The maximum absolute atomic E-state index is 13.7. The fourth-order valence-electron chi connectivity index (χ4n) is 8.47. The molecule has 13 heteroatoms. The summed E-state index contributed by atoms with van der Waals surface area (Å²) in [7, 11) is 0. The number of rotatable bonds is 8. The molecule has 5 rings (SSSR count). The molecule has 56 heavy (non-hydrogen) atoms. The smallest absolute Gasteiger partial charge is 0.410 e. The molecule has 314 valence electrons. The second-order valence-corrected chi connectivity index (χ2v) is 17.0. The van der Waals surface area contributed by atoms with Crippen molar-refractivity contribution in [3.63, 3.8) is 0 Å². The van der Waals surface area contributed by atoms with Gasteiger partial charge in [0.1, 0.15) is 17.8 Å². The van der Waals surface area contributed by atoms with Gasteiger partial charge in [-0.05, 0) is 76.9 Å². The van der Waals surface area contributed by atoms with E-state index in [0.717, 1.165) is 57.4 Å². The Morgan fingerprint density at radius 1 is 0.839 bits per heavy atom. The van der Waals surface area contributed by atoms with Crippen LogP contribution in [0.1, 0.15) is 111 Å². The fourth-order valence-corrected chi connectivity index (χ4v) is 8.47. The molecule has 1 aliphatic carbocycles. The summed E-state index contributed by atoms with van der Waals surface area (Å²) < 4.78 is 23.6. The summed E-state index contributed by atoms with van der Waals surface area (Å²) in [5, 5.41) is 11.9. The first kappa shape index (κ1) is 43.5.